The van der Waals surface area contributed by atoms with E-state index in [1.807, 2.05) is 6.08 Å². The first-order valence-corrected chi connectivity index (χ1v) is 10.2. The molecule has 5 N–H and O–H groups in total. The molecule has 0 aliphatic rings. The molecule has 0 aromatic carbocycles. The lowest BCUT2D eigenvalue weighted by Gasteiger charge is -2.11. The summed E-state index contributed by atoms with van der Waals surface area (Å²) in [6, 6.07) is -1.59. The van der Waals surface area contributed by atoms with Crippen molar-refractivity contribution < 1.29 is 19.4 Å². The number of nitrogens with two attached hydrogens (primary N) is 2. The summed E-state index contributed by atoms with van der Waals surface area (Å²) in [5.41, 5.74) is 11.1. The third kappa shape index (κ3) is 13.4. The van der Waals surface area contributed by atoms with Gasteiger partial charge in [-0.1, -0.05) is 46.9 Å². The van der Waals surface area contributed by atoms with Crippen molar-refractivity contribution in [2.24, 2.45) is 11.5 Å². The number of carbonyl (C=O) groups excluding carboxylic acids is 1. The van der Waals surface area contributed by atoms with Crippen LogP contribution in [0.25, 0.3) is 0 Å². The van der Waals surface area contributed by atoms with Crippen LogP contribution >= 0.6 is 21.6 Å². The largest absolute Gasteiger partial charge is 0.480 e. The average molecular weight is 365 g/mol. The van der Waals surface area contributed by atoms with Gasteiger partial charge in [-0.3, -0.25) is 9.59 Å². The second-order valence-corrected chi connectivity index (χ2v) is 7.69. The monoisotopic (exact) mass is 364 g/mol. The Labute approximate surface area is 146 Å². The molecule has 0 aliphatic carbocycles. The lowest BCUT2D eigenvalue weighted by atomic mass is 10.1. The molecule has 2 atom stereocenters. The molecule has 6 nitrogen and oxygen atoms in total. The number of esters is 1. The molecule has 0 rings (SSSR count). The molecule has 0 heterocycles. The average Bonchev–Trinajstić information content (AvgIpc) is 2.53. The molecule has 0 aliphatic heterocycles. The minimum atomic E-state index is -1.04. The van der Waals surface area contributed by atoms with Crippen LogP contribution in [0.4, 0.5) is 0 Å². The van der Waals surface area contributed by atoms with Gasteiger partial charge in [-0.15, -0.1) is 6.58 Å². The molecule has 0 amide bonds. The highest BCUT2D eigenvalue weighted by molar-refractivity contribution is 8.76. The van der Waals surface area contributed by atoms with Crippen molar-refractivity contribution in [1.82, 2.24) is 0 Å². The Balaban J connectivity index is 3.51. The van der Waals surface area contributed by atoms with E-state index in [0.717, 1.165) is 32.1 Å². The normalized spacial score (nSPS) is 13.3. The number of unbranched alkanes of at least 4 members (excludes halogenated alkanes) is 5. The SMILES string of the molecule is C=CCCCCCCCOC(=O)[C@@H](N)CSSC[C@H](N)C(=O)O. The van der Waals surface area contributed by atoms with E-state index in [1.165, 1.54) is 28.0 Å². The summed E-state index contributed by atoms with van der Waals surface area (Å²) in [6.07, 6.45) is 8.33. The Morgan fingerprint density at radius 3 is 2.22 bits per heavy atom. The van der Waals surface area contributed by atoms with Gasteiger partial charge in [0.05, 0.1) is 6.61 Å². The predicted octanol–water partition coefficient (Wildman–Crippen LogP) is 2.18. The summed E-state index contributed by atoms with van der Waals surface area (Å²) >= 11 is 0. The van der Waals surface area contributed by atoms with E-state index < -0.39 is 24.0 Å². The van der Waals surface area contributed by atoms with Gasteiger partial charge in [-0.05, 0) is 19.3 Å². The number of carbonyl (C=O) groups is 2. The van der Waals surface area contributed by atoms with E-state index in [1.54, 1.807) is 0 Å². The van der Waals surface area contributed by atoms with Crippen LogP contribution < -0.4 is 11.5 Å². The Morgan fingerprint density at radius 1 is 1.04 bits per heavy atom. The van der Waals surface area contributed by atoms with Crippen molar-refractivity contribution in [3.63, 3.8) is 0 Å². The molecule has 0 radical (unpaired) electrons. The Kier molecular flexibility index (Phi) is 14.4. The highest BCUT2D eigenvalue weighted by Gasteiger charge is 2.16. The first-order chi connectivity index (χ1) is 11.0. The summed E-state index contributed by atoms with van der Waals surface area (Å²) in [4.78, 5) is 22.2. The molecule has 0 spiro atoms. The van der Waals surface area contributed by atoms with Crippen molar-refractivity contribution in [2.75, 3.05) is 18.1 Å². The maximum absolute atomic E-state index is 11.7. The number of aliphatic carboxylic acids is 1. The summed E-state index contributed by atoms with van der Waals surface area (Å²) in [7, 11) is 2.62. The minimum Gasteiger partial charge on any atom is -0.480 e. The zero-order valence-electron chi connectivity index (χ0n) is 13.4. The molecule has 0 aromatic rings. The third-order valence-electron chi connectivity index (χ3n) is 3.00. The molecule has 0 bridgehead atoms. The topological polar surface area (TPSA) is 116 Å². The quantitative estimate of drug-likeness (QED) is 0.175. The zero-order valence-corrected chi connectivity index (χ0v) is 15.1. The smallest absolute Gasteiger partial charge is 0.323 e. The van der Waals surface area contributed by atoms with Crippen molar-refractivity contribution in [2.45, 2.75) is 50.6 Å². The zero-order chi connectivity index (χ0) is 17.5. The summed E-state index contributed by atoms with van der Waals surface area (Å²) in [5.74, 6) is -0.802. The fraction of sp³-hybridized carbons (Fsp3) is 0.733. The van der Waals surface area contributed by atoms with Crippen LogP contribution in [0.15, 0.2) is 12.7 Å². The second-order valence-electron chi connectivity index (χ2n) is 5.13. The van der Waals surface area contributed by atoms with E-state index in [2.05, 4.69) is 6.58 Å². The van der Waals surface area contributed by atoms with Gasteiger partial charge in [0.2, 0.25) is 0 Å². The Hall–Kier alpha value is -0.700. The van der Waals surface area contributed by atoms with Crippen molar-refractivity contribution in [3.8, 4) is 0 Å². The van der Waals surface area contributed by atoms with Crippen molar-refractivity contribution in [3.05, 3.63) is 12.7 Å². The number of carboxylic acids is 1. The molecular formula is C15H28N2O4S2. The number of hydrogen-bond acceptors (Lipinski definition) is 7. The number of rotatable bonds is 15. The van der Waals surface area contributed by atoms with Crippen molar-refractivity contribution >= 4 is 33.5 Å². The van der Waals surface area contributed by atoms with Crippen LogP contribution in [0.2, 0.25) is 0 Å². The standard InChI is InChI=1S/C15H28N2O4S2/c1-2-3-4-5-6-7-8-9-21-15(20)13(17)11-23-22-10-12(16)14(18)19/h2,12-13H,1,3-11,16-17H2,(H,18,19)/t12-,13-/m0/s1. The lowest BCUT2D eigenvalue weighted by Crippen LogP contribution is -2.35. The third-order valence-corrected chi connectivity index (χ3v) is 5.47. The van der Waals surface area contributed by atoms with Gasteiger partial charge in [0.1, 0.15) is 12.1 Å². The fourth-order valence-electron chi connectivity index (χ4n) is 1.58. The van der Waals surface area contributed by atoms with Gasteiger partial charge in [-0.2, -0.15) is 0 Å². The van der Waals surface area contributed by atoms with E-state index in [0.29, 0.717) is 12.4 Å². The van der Waals surface area contributed by atoms with Crippen LogP contribution in [-0.4, -0.2) is 47.2 Å². The number of allylic oxidation sites excluding steroid dienone is 1. The number of hydrogen-bond donors (Lipinski definition) is 3. The highest BCUT2D eigenvalue weighted by atomic mass is 33.1. The van der Waals surface area contributed by atoms with E-state index in [-0.39, 0.29) is 5.75 Å². The van der Waals surface area contributed by atoms with Gasteiger partial charge in [-0.25, -0.2) is 0 Å². The maximum atomic E-state index is 11.7. The number of carboxylic acid groups (broad SMARTS) is 1. The summed E-state index contributed by atoms with van der Waals surface area (Å²) in [5, 5.41) is 8.63. The molecule has 134 valence electrons. The highest BCUT2D eigenvalue weighted by Crippen LogP contribution is 2.22. The van der Waals surface area contributed by atoms with Crippen LogP contribution in [0.1, 0.15) is 38.5 Å². The van der Waals surface area contributed by atoms with E-state index >= 15 is 0 Å². The van der Waals surface area contributed by atoms with Gasteiger partial charge < -0.3 is 21.3 Å². The summed E-state index contributed by atoms with van der Waals surface area (Å²) < 4.78 is 5.13. The summed E-state index contributed by atoms with van der Waals surface area (Å²) in [6.45, 7) is 4.08. The van der Waals surface area contributed by atoms with E-state index in [4.69, 9.17) is 21.3 Å². The van der Waals surface area contributed by atoms with Gasteiger partial charge in [0.15, 0.2) is 0 Å². The first-order valence-electron chi connectivity index (χ1n) is 7.75. The molecular weight excluding hydrogens is 336 g/mol. The van der Waals surface area contributed by atoms with Gasteiger partial charge in [0.25, 0.3) is 0 Å². The van der Waals surface area contributed by atoms with Crippen LogP contribution in [0, 0.1) is 0 Å². The first kappa shape index (κ1) is 22.3. The molecule has 23 heavy (non-hydrogen) atoms. The van der Waals surface area contributed by atoms with Crippen molar-refractivity contribution in [1.29, 1.82) is 0 Å². The van der Waals surface area contributed by atoms with Gasteiger partial charge >= 0.3 is 11.9 Å². The second kappa shape index (κ2) is 14.9. The lowest BCUT2D eigenvalue weighted by molar-refractivity contribution is -0.144. The molecule has 0 saturated heterocycles. The Morgan fingerprint density at radius 2 is 1.61 bits per heavy atom. The minimum absolute atomic E-state index is 0.271. The molecule has 0 fully saturated rings. The Bertz CT molecular complexity index is 356. The predicted molar refractivity (Wildman–Crippen MR) is 97.4 cm³/mol. The molecule has 0 aromatic heterocycles. The van der Waals surface area contributed by atoms with E-state index in [9.17, 15) is 9.59 Å². The van der Waals surface area contributed by atoms with Crippen LogP contribution in [0.3, 0.4) is 0 Å². The molecule has 0 saturated carbocycles. The van der Waals surface area contributed by atoms with Gasteiger partial charge in [0, 0.05) is 11.5 Å². The van der Waals surface area contributed by atoms with Crippen LogP contribution in [0.5, 0.6) is 0 Å². The fourth-order valence-corrected chi connectivity index (χ4v) is 3.80. The number of ether oxygens (including phenoxy) is 1. The molecule has 8 heteroatoms. The van der Waals surface area contributed by atoms with Crippen LogP contribution in [-0.2, 0) is 14.3 Å². The molecule has 0 unspecified atom stereocenters. The maximum Gasteiger partial charge on any atom is 0.323 e.